The maximum absolute atomic E-state index is 12.6. The summed E-state index contributed by atoms with van der Waals surface area (Å²) in [4.78, 5) is 17.6. The molecule has 0 bridgehead atoms. The molecule has 1 atom stereocenters. The Hall–Kier alpha value is -1.40. The normalized spacial score (nSPS) is 17.3. The number of rotatable bonds is 2. The Balaban J connectivity index is 1.79. The van der Waals surface area contributed by atoms with Crippen LogP contribution in [0, 0.1) is 0 Å². The number of thiazole rings is 1. The van der Waals surface area contributed by atoms with Gasteiger partial charge in [-0.05, 0) is 18.2 Å². The lowest BCUT2D eigenvalue weighted by Crippen LogP contribution is -2.31. The molecule has 3 rings (SSSR count). The van der Waals surface area contributed by atoms with Crippen LogP contribution in [0.5, 0.6) is 5.75 Å². The van der Waals surface area contributed by atoms with E-state index in [0.717, 1.165) is 27.2 Å². The van der Waals surface area contributed by atoms with Gasteiger partial charge in [-0.3, -0.25) is 4.79 Å². The quantitative estimate of drug-likeness (QED) is 0.817. The van der Waals surface area contributed by atoms with Crippen LogP contribution in [0.1, 0.15) is 53.5 Å². The minimum absolute atomic E-state index is 0.0380. The fraction of sp³-hybridized carbons (Fsp3) is 0.412. The summed E-state index contributed by atoms with van der Waals surface area (Å²) in [6.45, 7) is 6.90. The van der Waals surface area contributed by atoms with Crippen LogP contribution in [0.4, 0.5) is 0 Å². The van der Waals surface area contributed by atoms with Gasteiger partial charge in [-0.2, -0.15) is 0 Å². The number of hydrogen-bond donors (Lipinski definition) is 1. The number of carbonyl (C=O) groups excluding carboxylic acids is 1. The maximum atomic E-state index is 12.6. The molecule has 2 heterocycles. The Morgan fingerprint density at radius 1 is 1.43 bits per heavy atom. The second-order valence-corrected chi connectivity index (χ2v) is 8.57. The predicted octanol–water partition coefficient (Wildman–Crippen LogP) is 4.46. The molecule has 1 aliphatic rings. The van der Waals surface area contributed by atoms with Crippen molar-refractivity contribution >= 4 is 33.2 Å². The van der Waals surface area contributed by atoms with Crippen LogP contribution < -0.4 is 10.1 Å². The SMILES string of the molecule is CC(C)(C)c1ncc(C(=O)NC2CCOc3ccc(Br)cc32)s1. The predicted molar refractivity (Wildman–Crippen MR) is 95.3 cm³/mol. The van der Waals surface area contributed by atoms with Gasteiger partial charge in [0, 0.05) is 21.9 Å². The Morgan fingerprint density at radius 3 is 2.91 bits per heavy atom. The average Bonchev–Trinajstić information content (AvgIpc) is 2.98. The molecule has 0 radical (unpaired) electrons. The van der Waals surface area contributed by atoms with E-state index in [1.54, 1.807) is 6.20 Å². The van der Waals surface area contributed by atoms with E-state index in [4.69, 9.17) is 4.74 Å². The zero-order valence-electron chi connectivity index (χ0n) is 13.4. The van der Waals surface area contributed by atoms with Crippen LogP contribution in [-0.4, -0.2) is 17.5 Å². The van der Waals surface area contributed by atoms with Gasteiger partial charge >= 0.3 is 0 Å². The number of aromatic nitrogens is 1. The summed E-state index contributed by atoms with van der Waals surface area (Å²) >= 11 is 4.94. The van der Waals surface area contributed by atoms with Crippen molar-refractivity contribution < 1.29 is 9.53 Å². The van der Waals surface area contributed by atoms with Gasteiger partial charge in [-0.1, -0.05) is 36.7 Å². The minimum atomic E-state index is -0.0733. The van der Waals surface area contributed by atoms with E-state index in [1.165, 1.54) is 11.3 Å². The zero-order valence-corrected chi connectivity index (χ0v) is 15.8. The molecular weight excluding hydrogens is 376 g/mol. The van der Waals surface area contributed by atoms with Gasteiger partial charge in [-0.15, -0.1) is 11.3 Å². The lowest BCUT2D eigenvalue weighted by molar-refractivity contribution is 0.0928. The van der Waals surface area contributed by atoms with Gasteiger partial charge < -0.3 is 10.1 Å². The number of amides is 1. The molecule has 1 N–H and O–H groups in total. The van der Waals surface area contributed by atoms with Gasteiger partial charge in [0.1, 0.15) is 10.6 Å². The van der Waals surface area contributed by atoms with Crippen LogP contribution in [0.2, 0.25) is 0 Å². The third kappa shape index (κ3) is 3.58. The molecule has 1 aromatic carbocycles. The second kappa shape index (κ2) is 6.24. The van der Waals surface area contributed by atoms with Crippen LogP contribution in [-0.2, 0) is 5.41 Å². The molecule has 0 saturated carbocycles. The third-order valence-corrected chi connectivity index (χ3v) is 5.60. The van der Waals surface area contributed by atoms with E-state index < -0.39 is 0 Å². The molecule has 122 valence electrons. The highest BCUT2D eigenvalue weighted by Gasteiger charge is 2.25. The number of hydrogen-bond acceptors (Lipinski definition) is 4. The van der Waals surface area contributed by atoms with Gasteiger partial charge in [0.2, 0.25) is 0 Å². The Bertz CT molecular complexity index is 736. The van der Waals surface area contributed by atoms with E-state index in [9.17, 15) is 4.79 Å². The zero-order chi connectivity index (χ0) is 16.6. The molecule has 0 fully saturated rings. The lowest BCUT2D eigenvalue weighted by atomic mass is 9.98. The number of nitrogens with one attached hydrogen (secondary N) is 1. The Labute approximate surface area is 148 Å². The van der Waals surface area contributed by atoms with E-state index in [1.807, 2.05) is 18.2 Å². The third-order valence-electron chi connectivity index (χ3n) is 3.69. The second-order valence-electron chi connectivity index (χ2n) is 6.62. The van der Waals surface area contributed by atoms with Gasteiger partial charge in [-0.25, -0.2) is 4.98 Å². The molecule has 4 nitrogen and oxygen atoms in total. The van der Waals surface area contributed by atoms with Crippen molar-refractivity contribution in [2.45, 2.75) is 38.6 Å². The number of halogens is 1. The minimum Gasteiger partial charge on any atom is -0.493 e. The first-order valence-electron chi connectivity index (χ1n) is 7.54. The van der Waals surface area contributed by atoms with Crippen molar-refractivity contribution in [3.8, 4) is 5.75 Å². The summed E-state index contributed by atoms with van der Waals surface area (Å²) in [5.74, 6) is 0.764. The van der Waals surface area contributed by atoms with E-state index in [-0.39, 0.29) is 17.4 Å². The molecule has 23 heavy (non-hydrogen) atoms. The first kappa shape index (κ1) is 16.5. The van der Waals surface area contributed by atoms with Crippen molar-refractivity contribution in [2.75, 3.05) is 6.61 Å². The fourth-order valence-corrected chi connectivity index (χ4v) is 3.73. The summed E-state index contributed by atoms with van der Waals surface area (Å²) in [6.07, 6.45) is 2.43. The van der Waals surface area contributed by atoms with Gasteiger partial charge in [0.25, 0.3) is 5.91 Å². The largest absolute Gasteiger partial charge is 0.493 e. The van der Waals surface area contributed by atoms with Crippen molar-refractivity contribution in [3.63, 3.8) is 0 Å². The monoisotopic (exact) mass is 394 g/mol. The number of nitrogens with zero attached hydrogens (tertiary/aromatic N) is 1. The van der Waals surface area contributed by atoms with Crippen LogP contribution in [0.3, 0.4) is 0 Å². The van der Waals surface area contributed by atoms with Crippen LogP contribution in [0.25, 0.3) is 0 Å². The Kier molecular flexibility index (Phi) is 4.47. The molecule has 1 amide bonds. The average molecular weight is 395 g/mol. The maximum Gasteiger partial charge on any atom is 0.263 e. The summed E-state index contributed by atoms with van der Waals surface area (Å²) < 4.78 is 6.64. The van der Waals surface area contributed by atoms with Crippen LogP contribution in [0.15, 0.2) is 28.9 Å². The van der Waals surface area contributed by atoms with Crippen LogP contribution >= 0.6 is 27.3 Å². The van der Waals surface area contributed by atoms with E-state index in [0.29, 0.717) is 11.5 Å². The highest BCUT2D eigenvalue weighted by atomic mass is 79.9. The molecule has 0 saturated heterocycles. The van der Waals surface area contributed by atoms with E-state index >= 15 is 0 Å². The van der Waals surface area contributed by atoms with Crippen molar-refractivity contribution in [3.05, 3.63) is 44.3 Å². The van der Waals surface area contributed by atoms with Crippen molar-refractivity contribution in [2.24, 2.45) is 0 Å². The first-order chi connectivity index (χ1) is 10.8. The standard InChI is InChI=1S/C17H19BrN2O2S/c1-17(2,3)16-19-9-14(23-16)15(21)20-12-6-7-22-13-5-4-10(18)8-11(12)13/h4-5,8-9,12H,6-7H2,1-3H3,(H,20,21). The van der Waals surface area contributed by atoms with Crippen molar-refractivity contribution in [1.29, 1.82) is 0 Å². The number of fused-ring (bicyclic) bond motifs is 1. The molecule has 0 aliphatic carbocycles. The molecule has 1 aliphatic heterocycles. The molecule has 2 aromatic rings. The lowest BCUT2D eigenvalue weighted by Gasteiger charge is -2.26. The van der Waals surface area contributed by atoms with Crippen molar-refractivity contribution in [1.82, 2.24) is 10.3 Å². The highest BCUT2D eigenvalue weighted by molar-refractivity contribution is 9.10. The van der Waals surface area contributed by atoms with Gasteiger partial charge in [0.15, 0.2) is 0 Å². The Morgan fingerprint density at radius 2 is 2.22 bits per heavy atom. The first-order valence-corrected chi connectivity index (χ1v) is 9.15. The molecule has 1 aromatic heterocycles. The summed E-state index contributed by atoms with van der Waals surface area (Å²) in [7, 11) is 0. The van der Waals surface area contributed by atoms with E-state index in [2.05, 4.69) is 47.0 Å². The highest BCUT2D eigenvalue weighted by Crippen LogP contribution is 2.34. The van der Waals surface area contributed by atoms with Gasteiger partial charge in [0.05, 0.1) is 23.9 Å². The molecular formula is C17H19BrN2O2S. The topological polar surface area (TPSA) is 51.2 Å². The molecule has 6 heteroatoms. The molecule has 1 unspecified atom stereocenters. The number of ether oxygens (including phenoxy) is 1. The summed E-state index contributed by atoms with van der Waals surface area (Å²) in [5, 5.41) is 4.08. The molecule has 0 spiro atoms. The summed E-state index contributed by atoms with van der Waals surface area (Å²) in [6, 6.07) is 5.85. The smallest absolute Gasteiger partial charge is 0.263 e. The fourth-order valence-electron chi connectivity index (χ4n) is 2.47. The number of benzene rings is 1. The summed E-state index contributed by atoms with van der Waals surface area (Å²) in [5.41, 5.74) is 0.971. The number of carbonyl (C=O) groups is 1.